The van der Waals surface area contributed by atoms with Crippen molar-refractivity contribution in [2.45, 2.75) is 52.5 Å². The lowest BCUT2D eigenvalue weighted by molar-refractivity contribution is 0.253. The summed E-state index contributed by atoms with van der Waals surface area (Å²) in [5.41, 5.74) is 0. The highest BCUT2D eigenvalue weighted by molar-refractivity contribution is 4.60. The minimum absolute atomic E-state index is 0.770. The Balaban J connectivity index is 3.28. The first-order valence-corrected chi connectivity index (χ1v) is 4.92. The van der Waals surface area contributed by atoms with Crippen LogP contribution in [0.5, 0.6) is 0 Å². The topological polar surface area (TPSA) is 3.24 Å². The maximum absolute atomic E-state index is 2.41. The number of nitrogens with zero attached hydrogens (tertiary/aromatic N) is 1. The van der Waals surface area contributed by atoms with E-state index in [1.807, 2.05) is 0 Å². The normalized spacial score (nSPS) is 13.9. The molecule has 0 N–H and O–H groups in total. The monoisotopic (exact) mass is 157 g/mol. The van der Waals surface area contributed by atoms with Gasteiger partial charge in [-0.25, -0.2) is 0 Å². The molecule has 68 valence electrons. The van der Waals surface area contributed by atoms with Gasteiger partial charge >= 0.3 is 0 Å². The van der Waals surface area contributed by atoms with E-state index >= 15 is 0 Å². The highest BCUT2D eigenvalue weighted by Gasteiger charge is 2.04. The Morgan fingerprint density at radius 3 is 2.27 bits per heavy atom. The number of hydrogen-bond acceptors (Lipinski definition) is 1. The largest absolute Gasteiger partial charge is 0.304 e. The molecule has 0 aliphatic carbocycles. The van der Waals surface area contributed by atoms with Gasteiger partial charge in [-0.2, -0.15) is 0 Å². The Morgan fingerprint density at radius 1 is 1.18 bits per heavy atom. The van der Waals surface area contributed by atoms with Gasteiger partial charge in [0.2, 0.25) is 0 Å². The zero-order valence-corrected chi connectivity index (χ0v) is 8.56. The number of rotatable bonds is 6. The van der Waals surface area contributed by atoms with Crippen LogP contribution in [0.1, 0.15) is 46.5 Å². The quantitative estimate of drug-likeness (QED) is 0.536. The van der Waals surface area contributed by atoms with Crippen molar-refractivity contribution in [3.05, 3.63) is 0 Å². The van der Waals surface area contributed by atoms with E-state index in [9.17, 15) is 0 Å². The van der Waals surface area contributed by atoms with Gasteiger partial charge in [-0.1, -0.05) is 33.1 Å². The first kappa shape index (κ1) is 11.0. The molecule has 1 nitrogen and oxygen atoms in total. The van der Waals surface area contributed by atoms with Crippen molar-refractivity contribution < 1.29 is 0 Å². The molecular formula is C10H23N. The summed E-state index contributed by atoms with van der Waals surface area (Å²) in [6.07, 6.45) is 5.48. The van der Waals surface area contributed by atoms with E-state index in [2.05, 4.69) is 32.7 Å². The summed E-state index contributed by atoms with van der Waals surface area (Å²) >= 11 is 0. The summed E-state index contributed by atoms with van der Waals surface area (Å²) in [4.78, 5) is 2.41. The van der Waals surface area contributed by atoms with Gasteiger partial charge in [-0.15, -0.1) is 0 Å². The molecule has 0 saturated carbocycles. The van der Waals surface area contributed by atoms with E-state index in [0.29, 0.717) is 0 Å². The Hall–Kier alpha value is -0.0400. The van der Waals surface area contributed by atoms with E-state index in [1.165, 1.54) is 32.2 Å². The molecular weight excluding hydrogens is 134 g/mol. The third-order valence-corrected chi connectivity index (χ3v) is 2.48. The molecule has 0 fully saturated rings. The summed E-state index contributed by atoms with van der Waals surface area (Å²) < 4.78 is 0. The van der Waals surface area contributed by atoms with Crippen molar-refractivity contribution in [3.63, 3.8) is 0 Å². The SMILES string of the molecule is CCCCCC(C)N(C)CC. The molecule has 1 heteroatoms. The van der Waals surface area contributed by atoms with Crippen LogP contribution in [0.4, 0.5) is 0 Å². The highest BCUT2D eigenvalue weighted by Crippen LogP contribution is 2.07. The maximum atomic E-state index is 2.41. The Labute approximate surface area is 71.8 Å². The standard InChI is InChI=1S/C10H23N/c1-5-7-8-9-10(3)11(4)6-2/h10H,5-9H2,1-4H3. The van der Waals surface area contributed by atoms with Crippen LogP contribution in [-0.4, -0.2) is 24.5 Å². The molecule has 0 aromatic rings. The smallest absolute Gasteiger partial charge is 0.00637 e. The molecule has 0 aliphatic heterocycles. The minimum atomic E-state index is 0.770. The second kappa shape index (κ2) is 6.66. The summed E-state index contributed by atoms with van der Waals surface area (Å²) in [7, 11) is 2.20. The van der Waals surface area contributed by atoms with Crippen molar-refractivity contribution in [1.82, 2.24) is 4.90 Å². The molecule has 11 heavy (non-hydrogen) atoms. The van der Waals surface area contributed by atoms with Gasteiger partial charge < -0.3 is 4.90 Å². The van der Waals surface area contributed by atoms with Crippen molar-refractivity contribution >= 4 is 0 Å². The van der Waals surface area contributed by atoms with Crippen LogP contribution in [0.25, 0.3) is 0 Å². The lowest BCUT2D eigenvalue weighted by atomic mass is 10.1. The molecule has 0 rings (SSSR count). The maximum Gasteiger partial charge on any atom is 0.00637 e. The van der Waals surface area contributed by atoms with Gasteiger partial charge in [-0.05, 0) is 26.9 Å². The second-order valence-corrected chi connectivity index (χ2v) is 3.42. The molecule has 0 amide bonds. The lowest BCUT2D eigenvalue weighted by Gasteiger charge is -2.22. The molecule has 0 aliphatic rings. The Morgan fingerprint density at radius 2 is 1.82 bits per heavy atom. The van der Waals surface area contributed by atoms with Gasteiger partial charge in [-0.3, -0.25) is 0 Å². The van der Waals surface area contributed by atoms with Crippen LogP contribution in [0.2, 0.25) is 0 Å². The van der Waals surface area contributed by atoms with Crippen molar-refractivity contribution in [1.29, 1.82) is 0 Å². The van der Waals surface area contributed by atoms with Gasteiger partial charge in [0.1, 0.15) is 0 Å². The average molecular weight is 157 g/mol. The van der Waals surface area contributed by atoms with E-state index < -0.39 is 0 Å². The van der Waals surface area contributed by atoms with Crippen LogP contribution in [0.15, 0.2) is 0 Å². The number of hydrogen-bond donors (Lipinski definition) is 0. The van der Waals surface area contributed by atoms with Crippen LogP contribution in [0, 0.1) is 0 Å². The fourth-order valence-corrected chi connectivity index (χ4v) is 1.22. The first-order chi connectivity index (χ1) is 5.22. The van der Waals surface area contributed by atoms with Gasteiger partial charge in [0, 0.05) is 6.04 Å². The van der Waals surface area contributed by atoms with Crippen LogP contribution in [0.3, 0.4) is 0 Å². The average Bonchev–Trinajstić information content (AvgIpc) is 2.03. The fourth-order valence-electron chi connectivity index (χ4n) is 1.22. The fraction of sp³-hybridized carbons (Fsp3) is 1.00. The molecule has 1 atom stereocenters. The predicted octanol–water partition coefficient (Wildman–Crippen LogP) is 2.91. The second-order valence-electron chi connectivity index (χ2n) is 3.42. The van der Waals surface area contributed by atoms with Crippen LogP contribution in [-0.2, 0) is 0 Å². The molecule has 0 bridgehead atoms. The van der Waals surface area contributed by atoms with Crippen LogP contribution < -0.4 is 0 Å². The molecule has 0 saturated heterocycles. The third kappa shape index (κ3) is 5.25. The van der Waals surface area contributed by atoms with E-state index in [0.717, 1.165) is 6.04 Å². The minimum Gasteiger partial charge on any atom is -0.304 e. The van der Waals surface area contributed by atoms with Crippen molar-refractivity contribution in [2.75, 3.05) is 13.6 Å². The van der Waals surface area contributed by atoms with Gasteiger partial charge in [0.05, 0.1) is 0 Å². The van der Waals surface area contributed by atoms with Gasteiger partial charge in [0.15, 0.2) is 0 Å². The molecule has 0 aromatic heterocycles. The van der Waals surface area contributed by atoms with Gasteiger partial charge in [0.25, 0.3) is 0 Å². The van der Waals surface area contributed by atoms with E-state index in [-0.39, 0.29) is 0 Å². The van der Waals surface area contributed by atoms with Crippen molar-refractivity contribution in [2.24, 2.45) is 0 Å². The number of unbranched alkanes of at least 4 members (excludes halogenated alkanes) is 2. The summed E-state index contributed by atoms with van der Waals surface area (Å²) in [5, 5.41) is 0. The molecule has 0 aromatic carbocycles. The Bertz CT molecular complexity index is 80.9. The summed E-state index contributed by atoms with van der Waals surface area (Å²) in [6, 6.07) is 0.770. The zero-order chi connectivity index (χ0) is 8.69. The Kier molecular flexibility index (Phi) is 6.63. The van der Waals surface area contributed by atoms with Crippen LogP contribution >= 0.6 is 0 Å². The summed E-state index contributed by atoms with van der Waals surface area (Å²) in [6.45, 7) is 7.97. The third-order valence-electron chi connectivity index (χ3n) is 2.48. The lowest BCUT2D eigenvalue weighted by Crippen LogP contribution is -2.28. The zero-order valence-electron chi connectivity index (χ0n) is 8.56. The molecule has 0 radical (unpaired) electrons. The van der Waals surface area contributed by atoms with Crippen molar-refractivity contribution in [3.8, 4) is 0 Å². The molecule has 1 unspecified atom stereocenters. The van der Waals surface area contributed by atoms with E-state index in [4.69, 9.17) is 0 Å². The predicted molar refractivity (Wildman–Crippen MR) is 51.9 cm³/mol. The summed E-state index contributed by atoms with van der Waals surface area (Å²) in [5.74, 6) is 0. The molecule has 0 spiro atoms. The highest BCUT2D eigenvalue weighted by atomic mass is 15.1. The molecule has 0 heterocycles. The van der Waals surface area contributed by atoms with E-state index in [1.54, 1.807) is 0 Å². The first-order valence-electron chi connectivity index (χ1n) is 4.92.